The van der Waals surface area contributed by atoms with Gasteiger partial charge in [0.05, 0.1) is 12.2 Å². The SMILES string of the molecule is C=CCn1c(=O)c2cnc(Nc3ccc(N4CCN(C5CCC(C6CCN(C(=O)OC(C)(C)C)CC6)CC5)CC4)cc3)nc2n1-c1cccc(C(C)(C)O)n1. The molecule has 1 saturated carbocycles. The maximum atomic E-state index is 13.4. The number of aromatic nitrogens is 5. The normalized spacial score (nSPS) is 20.5. The van der Waals surface area contributed by atoms with Crippen LogP contribution in [0.2, 0.25) is 0 Å². The van der Waals surface area contributed by atoms with Gasteiger partial charge in [-0.1, -0.05) is 12.1 Å². The monoisotopic (exact) mass is 751 g/mol. The van der Waals surface area contributed by atoms with E-state index in [0.717, 1.165) is 69.6 Å². The summed E-state index contributed by atoms with van der Waals surface area (Å²) in [6.07, 6.45) is 10.3. The fourth-order valence-electron chi connectivity index (χ4n) is 8.54. The number of ether oxygens (including phenoxy) is 1. The van der Waals surface area contributed by atoms with Crippen molar-refractivity contribution in [3.05, 3.63) is 77.4 Å². The van der Waals surface area contributed by atoms with Crippen molar-refractivity contribution in [2.24, 2.45) is 11.8 Å². The van der Waals surface area contributed by atoms with Crippen molar-refractivity contribution < 1.29 is 14.6 Å². The molecule has 0 spiro atoms. The van der Waals surface area contributed by atoms with Crippen molar-refractivity contribution in [1.82, 2.24) is 34.1 Å². The van der Waals surface area contributed by atoms with Gasteiger partial charge in [0.25, 0.3) is 5.56 Å². The van der Waals surface area contributed by atoms with Gasteiger partial charge in [-0.2, -0.15) is 4.98 Å². The van der Waals surface area contributed by atoms with Crippen LogP contribution in [-0.2, 0) is 16.9 Å². The molecule has 294 valence electrons. The smallest absolute Gasteiger partial charge is 0.410 e. The first-order valence-electron chi connectivity index (χ1n) is 19.9. The van der Waals surface area contributed by atoms with E-state index in [1.165, 1.54) is 36.1 Å². The molecule has 13 heteroatoms. The van der Waals surface area contributed by atoms with E-state index in [0.29, 0.717) is 34.5 Å². The lowest BCUT2D eigenvalue weighted by Crippen LogP contribution is -2.51. The Bertz CT molecular complexity index is 2020. The molecule has 13 nitrogen and oxygen atoms in total. The van der Waals surface area contributed by atoms with Gasteiger partial charge in [-0.3, -0.25) is 9.69 Å². The number of allylic oxidation sites excluding steroid dienone is 1. The molecule has 2 aliphatic heterocycles. The van der Waals surface area contributed by atoms with E-state index >= 15 is 0 Å². The zero-order chi connectivity index (χ0) is 38.9. The first-order chi connectivity index (χ1) is 26.3. The number of pyridine rings is 1. The predicted molar refractivity (Wildman–Crippen MR) is 216 cm³/mol. The molecular weight excluding hydrogens is 695 g/mol. The molecule has 0 bridgehead atoms. The Kier molecular flexibility index (Phi) is 11.0. The molecule has 55 heavy (non-hydrogen) atoms. The number of carbonyl (C=O) groups is 1. The Labute approximate surface area is 324 Å². The lowest BCUT2D eigenvalue weighted by molar-refractivity contribution is 0.0134. The second kappa shape index (κ2) is 15.8. The molecule has 0 unspecified atom stereocenters. The summed E-state index contributed by atoms with van der Waals surface area (Å²) in [5.74, 6) is 2.31. The number of hydrogen-bond acceptors (Lipinski definition) is 10. The quantitative estimate of drug-likeness (QED) is 0.184. The van der Waals surface area contributed by atoms with Crippen LogP contribution in [0.15, 0.2) is 66.1 Å². The van der Waals surface area contributed by atoms with Gasteiger partial charge < -0.3 is 25.0 Å². The van der Waals surface area contributed by atoms with E-state index in [-0.39, 0.29) is 18.2 Å². The summed E-state index contributed by atoms with van der Waals surface area (Å²) in [5, 5.41) is 14.3. The number of likely N-dealkylation sites (tertiary alicyclic amines) is 1. The molecule has 2 saturated heterocycles. The second-order valence-electron chi connectivity index (χ2n) is 16.9. The highest BCUT2D eigenvalue weighted by molar-refractivity contribution is 5.77. The van der Waals surface area contributed by atoms with Crippen LogP contribution in [0, 0.1) is 11.8 Å². The summed E-state index contributed by atoms with van der Waals surface area (Å²) in [6.45, 7) is 19.0. The average molecular weight is 752 g/mol. The van der Waals surface area contributed by atoms with Crippen molar-refractivity contribution in [2.45, 2.75) is 96.9 Å². The van der Waals surface area contributed by atoms with E-state index in [1.54, 1.807) is 49.0 Å². The minimum Gasteiger partial charge on any atom is -0.444 e. The van der Waals surface area contributed by atoms with E-state index in [4.69, 9.17) is 9.72 Å². The van der Waals surface area contributed by atoms with Crippen molar-refractivity contribution in [3.8, 4) is 5.82 Å². The first kappa shape index (κ1) is 38.5. The molecule has 5 heterocycles. The number of hydrogen-bond donors (Lipinski definition) is 2. The Morgan fingerprint density at radius 1 is 0.909 bits per heavy atom. The van der Waals surface area contributed by atoms with Gasteiger partial charge in [0.1, 0.15) is 16.6 Å². The zero-order valence-electron chi connectivity index (χ0n) is 33.1. The summed E-state index contributed by atoms with van der Waals surface area (Å²) in [7, 11) is 0. The lowest BCUT2D eigenvalue weighted by Gasteiger charge is -2.44. The molecular formula is C42H57N9O4. The number of carbonyl (C=O) groups excluding carboxylic acids is 1. The molecule has 0 atom stereocenters. The zero-order valence-corrected chi connectivity index (χ0v) is 33.1. The van der Waals surface area contributed by atoms with E-state index in [1.807, 2.05) is 37.8 Å². The molecule has 0 radical (unpaired) electrons. The van der Waals surface area contributed by atoms with Crippen LogP contribution in [-0.4, -0.2) is 96.2 Å². The molecule has 3 fully saturated rings. The number of fused-ring (bicyclic) bond motifs is 1. The largest absolute Gasteiger partial charge is 0.444 e. The van der Waals surface area contributed by atoms with E-state index in [2.05, 4.69) is 43.8 Å². The summed E-state index contributed by atoms with van der Waals surface area (Å²) in [4.78, 5) is 46.9. The minimum absolute atomic E-state index is 0.167. The molecule has 1 amide bonds. The summed E-state index contributed by atoms with van der Waals surface area (Å²) < 4.78 is 8.78. The highest BCUT2D eigenvalue weighted by Gasteiger charge is 2.35. The maximum Gasteiger partial charge on any atom is 0.410 e. The van der Waals surface area contributed by atoms with Gasteiger partial charge in [0.2, 0.25) is 5.95 Å². The molecule has 3 aliphatic rings. The summed E-state index contributed by atoms with van der Waals surface area (Å²) in [5.41, 5.74) is 1.07. The van der Waals surface area contributed by atoms with Gasteiger partial charge in [-0.15, -0.1) is 6.58 Å². The highest BCUT2D eigenvalue weighted by atomic mass is 16.6. The van der Waals surface area contributed by atoms with Crippen LogP contribution in [0.3, 0.4) is 0 Å². The van der Waals surface area contributed by atoms with E-state index < -0.39 is 11.2 Å². The topological polar surface area (TPSA) is 134 Å². The Hall–Kier alpha value is -4.75. The molecule has 4 aromatic rings. The second-order valence-corrected chi connectivity index (χ2v) is 16.9. The van der Waals surface area contributed by atoms with Crippen LogP contribution in [0.25, 0.3) is 16.9 Å². The number of rotatable bonds is 9. The third kappa shape index (κ3) is 8.73. The number of benzene rings is 1. The Morgan fingerprint density at radius 2 is 1.58 bits per heavy atom. The molecule has 1 aromatic carbocycles. The molecule has 2 N–H and O–H groups in total. The van der Waals surface area contributed by atoms with E-state index in [9.17, 15) is 14.7 Å². The van der Waals surface area contributed by atoms with Crippen molar-refractivity contribution >= 4 is 34.4 Å². The first-order valence-corrected chi connectivity index (χ1v) is 19.9. The lowest BCUT2D eigenvalue weighted by atomic mass is 9.74. The number of piperazine rings is 1. The third-order valence-corrected chi connectivity index (χ3v) is 11.5. The van der Waals surface area contributed by atoms with Crippen LogP contribution in [0.5, 0.6) is 0 Å². The molecule has 7 rings (SSSR count). The van der Waals surface area contributed by atoms with Gasteiger partial charge in [0, 0.05) is 62.9 Å². The van der Waals surface area contributed by atoms with Gasteiger partial charge in [0.15, 0.2) is 11.5 Å². The number of piperidine rings is 1. The maximum absolute atomic E-state index is 13.4. The van der Waals surface area contributed by atoms with Crippen LogP contribution >= 0.6 is 0 Å². The molecule has 3 aromatic heterocycles. The Balaban J connectivity index is 0.929. The van der Waals surface area contributed by atoms with Gasteiger partial charge in [-0.05, 0) is 121 Å². The number of nitrogens with zero attached hydrogens (tertiary/aromatic N) is 8. The highest BCUT2D eigenvalue weighted by Crippen LogP contribution is 2.38. The fourth-order valence-corrected chi connectivity index (χ4v) is 8.54. The summed E-state index contributed by atoms with van der Waals surface area (Å²) in [6, 6.07) is 14.4. The number of nitrogens with one attached hydrogen (secondary N) is 1. The van der Waals surface area contributed by atoms with Crippen LogP contribution < -0.4 is 15.8 Å². The van der Waals surface area contributed by atoms with Crippen molar-refractivity contribution in [2.75, 3.05) is 49.5 Å². The molecule has 1 aliphatic carbocycles. The fraction of sp³-hybridized carbons (Fsp3) is 0.548. The number of aliphatic hydroxyl groups is 1. The summed E-state index contributed by atoms with van der Waals surface area (Å²) >= 11 is 0. The minimum atomic E-state index is -1.16. The standard InChI is InChI=1S/C42H57N9O4/c1-7-21-50-38(52)34-28-43-39(46-37(34)51(50)36-10-8-9-35(45-36)42(5,6)54)44-31-13-17-33(18-14-31)48-26-24-47(25-27-48)32-15-11-29(12-16-32)30-19-22-49(23-20-30)40(53)55-41(2,3)4/h7-10,13-14,17-18,28-30,32,54H,1,11-12,15-16,19-27H2,2-6H3,(H,43,44,46). The van der Waals surface area contributed by atoms with Crippen LogP contribution in [0.1, 0.15) is 78.8 Å². The number of anilines is 3. The Morgan fingerprint density at radius 3 is 2.22 bits per heavy atom. The average Bonchev–Trinajstić information content (AvgIpc) is 3.44. The van der Waals surface area contributed by atoms with Gasteiger partial charge in [-0.25, -0.2) is 24.1 Å². The predicted octanol–water partition coefficient (Wildman–Crippen LogP) is 6.46. The van der Waals surface area contributed by atoms with Crippen molar-refractivity contribution in [3.63, 3.8) is 0 Å². The van der Waals surface area contributed by atoms with Crippen LogP contribution in [0.4, 0.5) is 22.1 Å². The van der Waals surface area contributed by atoms with Gasteiger partial charge >= 0.3 is 6.09 Å². The third-order valence-electron chi connectivity index (χ3n) is 11.5. The number of amides is 1. The van der Waals surface area contributed by atoms with Crippen molar-refractivity contribution in [1.29, 1.82) is 0 Å².